The van der Waals surface area contributed by atoms with E-state index in [-0.39, 0.29) is 12.0 Å². The number of aromatic nitrogens is 1. The molecule has 3 nitrogen and oxygen atoms in total. The number of nitrogens with zero attached hydrogens (tertiary/aromatic N) is 2. The topological polar surface area (TPSA) is 25.4 Å². The normalized spacial score (nSPS) is 38.9. The molecule has 108 valence electrons. The van der Waals surface area contributed by atoms with Crippen molar-refractivity contribution in [3.8, 4) is 5.88 Å². The molecule has 2 saturated carbocycles. The van der Waals surface area contributed by atoms with Crippen LogP contribution in [0.4, 0.5) is 13.2 Å². The summed E-state index contributed by atoms with van der Waals surface area (Å²) in [6, 6.07) is 2.75. The van der Waals surface area contributed by atoms with E-state index in [1.54, 1.807) is 0 Å². The summed E-state index contributed by atoms with van der Waals surface area (Å²) in [6.07, 6.45) is -1.16. The Kier molecular flexibility index (Phi) is 2.28. The van der Waals surface area contributed by atoms with Crippen LogP contribution in [0.25, 0.3) is 0 Å². The number of alkyl halides is 3. The average Bonchev–Trinajstić information content (AvgIpc) is 2.98. The zero-order valence-corrected chi connectivity index (χ0v) is 11.0. The first kappa shape index (κ1) is 12.4. The smallest absolute Gasteiger partial charge is 0.417 e. The Balaban J connectivity index is 1.45. The van der Waals surface area contributed by atoms with Gasteiger partial charge >= 0.3 is 6.18 Å². The Hall–Kier alpha value is -1.30. The fourth-order valence-electron chi connectivity index (χ4n) is 4.14. The highest BCUT2D eigenvalue weighted by molar-refractivity contribution is 5.27. The predicted octanol–water partition coefficient (Wildman–Crippen LogP) is 2.57. The molecule has 0 radical (unpaired) electrons. The van der Waals surface area contributed by atoms with Crippen LogP contribution < -0.4 is 4.74 Å². The Morgan fingerprint density at radius 1 is 1.35 bits per heavy atom. The van der Waals surface area contributed by atoms with Gasteiger partial charge in [0.25, 0.3) is 0 Å². The molecule has 1 aliphatic heterocycles. The molecule has 0 aromatic carbocycles. The van der Waals surface area contributed by atoms with Crippen LogP contribution in [0.3, 0.4) is 0 Å². The number of likely N-dealkylation sites (tertiary alicyclic amines) is 1. The van der Waals surface area contributed by atoms with E-state index in [1.807, 2.05) is 0 Å². The van der Waals surface area contributed by atoms with Gasteiger partial charge in [-0.1, -0.05) is 0 Å². The maximum atomic E-state index is 12.5. The second-order valence-electron chi connectivity index (χ2n) is 6.26. The van der Waals surface area contributed by atoms with Crippen LogP contribution >= 0.6 is 0 Å². The molecule has 20 heavy (non-hydrogen) atoms. The van der Waals surface area contributed by atoms with Crippen LogP contribution in [0.15, 0.2) is 18.3 Å². The van der Waals surface area contributed by atoms with E-state index in [0.717, 1.165) is 31.1 Å². The van der Waals surface area contributed by atoms with E-state index in [1.165, 1.54) is 12.5 Å². The zero-order chi connectivity index (χ0) is 14.1. The van der Waals surface area contributed by atoms with Gasteiger partial charge in [0, 0.05) is 18.8 Å². The lowest BCUT2D eigenvalue weighted by atomic mass is 9.73. The van der Waals surface area contributed by atoms with Gasteiger partial charge in [-0.3, -0.25) is 4.90 Å². The van der Waals surface area contributed by atoms with Crippen LogP contribution in [0.2, 0.25) is 0 Å². The van der Waals surface area contributed by atoms with Gasteiger partial charge in [0.1, 0.15) is 6.10 Å². The molecular weight excluding hydrogens is 269 g/mol. The van der Waals surface area contributed by atoms with E-state index in [4.69, 9.17) is 4.74 Å². The van der Waals surface area contributed by atoms with Crippen molar-refractivity contribution in [1.29, 1.82) is 0 Å². The SMILES string of the molecule is CN1CC2CC23CC(Oc2ccc(C(F)(F)F)cn2)C13. The highest BCUT2D eigenvalue weighted by Crippen LogP contribution is 2.71. The van der Waals surface area contributed by atoms with Crippen molar-refractivity contribution in [2.24, 2.45) is 11.3 Å². The lowest BCUT2D eigenvalue weighted by molar-refractivity contribution is -0.137. The third-order valence-electron chi connectivity index (χ3n) is 5.12. The molecule has 4 unspecified atom stereocenters. The number of hydrogen-bond donors (Lipinski definition) is 0. The molecule has 0 amide bonds. The van der Waals surface area contributed by atoms with Gasteiger partial charge < -0.3 is 4.74 Å². The van der Waals surface area contributed by atoms with Gasteiger partial charge in [-0.05, 0) is 37.3 Å². The standard InChI is InChI=1S/C14H15F3N2O/c1-19-7-9-4-13(9)5-10(12(13)19)20-11-3-2-8(6-18-11)14(15,16)17/h2-3,6,9-10,12H,4-5,7H2,1H3. The van der Waals surface area contributed by atoms with E-state index in [0.29, 0.717) is 11.5 Å². The molecule has 3 fully saturated rings. The third-order valence-corrected chi connectivity index (χ3v) is 5.12. The molecule has 4 atom stereocenters. The summed E-state index contributed by atoms with van der Waals surface area (Å²) in [7, 11) is 2.09. The molecule has 2 heterocycles. The van der Waals surface area contributed by atoms with E-state index < -0.39 is 11.7 Å². The van der Waals surface area contributed by atoms with Crippen LogP contribution in [0.1, 0.15) is 18.4 Å². The van der Waals surface area contributed by atoms with Crippen LogP contribution in [-0.2, 0) is 6.18 Å². The lowest BCUT2D eigenvalue weighted by Gasteiger charge is -2.46. The first-order valence-corrected chi connectivity index (χ1v) is 6.80. The molecule has 4 rings (SSSR count). The molecule has 0 N–H and O–H groups in total. The number of ether oxygens (including phenoxy) is 1. The van der Waals surface area contributed by atoms with Crippen molar-refractivity contribution in [2.75, 3.05) is 13.6 Å². The zero-order valence-electron chi connectivity index (χ0n) is 11.0. The van der Waals surface area contributed by atoms with Crippen molar-refractivity contribution in [1.82, 2.24) is 9.88 Å². The summed E-state index contributed by atoms with van der Waals surface area (Å²) in [5, 5.41) is 0. The van der Waals surface area contributed by atoms with Crippen molar-refractivity contribution >= 4 is 0 Å². The molecular formula is C14H15F3N2O. The minimum atomic E-state index is -4.35. The molecule has 1 spiro atoms. The Morgan fingerprint density at radius 2 is 2.15 bits per heavy atom. The first-order valence-electron chi connectivity index (χ1n) is 6.80. The van der Waals surface area contributed by atoms with Crippen molar-refractivity contribution in [2.45, 2.75) is 31.2 Å². The van der Waals surface area contributed by atoms with Gasteiger partial charge in [-0.2, -0.15) is 13.2 Å². The number of halogens is 3. The minimum Gasteiger partial charge on any atom is -0.473 e. The first-order chi connectivity index (χ1) is 9.40. The Bertz CT molecular complexity index is 544. The Morgan fingerprint density at radius 3 is 2.75 bits per heavy atom. The minimum absolute atomic E-state index is 0.0664. The fraction of sp³-hybridized carbons (Fsp3) is 0.643. The van der Waals surface area contributed by atoms with Gasteiger partial charge in [-0.15, -0.1) is 0 Å². The van der Waals surface area contributed by atoms with Crippen LogP contribution in [0, 0.1) is 11.3 Å². The van der Waals surface area contributed by atoms with Crippen molar-refractivity contribution < 1.29 is 17.9 Å². The summed E-state index contributed by atoms with van der Waals surface area (Å²) >= 11 is 0. The highest BCUT2D eigenvalue weighted by atomic mass is 19.4. The molecule has 1 aromatic rings. The number of likely N-dealkylation sites (N-methyl/N-ethyl adjacent to an activating group) is 1. The molecule has 2 aliphatic carbocycles. The average molecular weight is 284 g/mol. The monoisotopic (exact) mass is 284 g/mol. The van der Waals surface area contributed by atoms with Gasteiger partial charge in [0.2, 0.25) is 5.88 Å². The number of hydrogen-bond acceptors (Lipinski definition) is 3. The highest BCUT2D eigenvalue weighted by Gasteiger charge is 2.74. The second-order valence-corrected chi connectivity index (χ2v) is 6.26. The van der Waals surface area contributed by atoms with Crippen molar-refractivity contribution in [3.05, 3.63) is 23.9 Å². The summed E-state index contributed by atoms with van der Waals surface area (Å²) in [6.45, 7) is 1.12. The molecule has 3 aliphatic rings. The number of rotatable bonds is 2. The maximum absolute atomic E-state index is 12.5. The van der Waals surface area contributed by atoms with Crippen molar-refractivity contribution in [3.63, 3.8) is 0 Å². The van der Waals surface area contributed by atoms with Gasteiger partial charge in [0.05, 0.1) is 11.6 Å². The van der Waals surface area contributed by atoms with E-state index in [9.17, 15) is 13.2 Å². The number of piperidine rings is 1. The lowest BCUT2D eigenvalue weighted by Crippen LogP contribution is -2.56. The second kappa shape index (κ2) is 3.67. The summed E-state index contributed by atoms with van der Waals surface area (Å²) in [4.78, 5) is 6.09. The number of pyridine rings is 1. The van der Waals surface area contributed by atoms with Crippen LogP contribution in [-0.4, -0.2) is 35.6 Å². The molecule has 1 saturated heterocycles. The largest absolute Gasteiger partial charge is 0.473 e. The third kappa shape index (κ3) is 1.60. The summed E-state index contributed by atoms with van der Waals surface area (Å²) < 4.78 is 43.1. The van der Waals surface area contributed by atoms with Crippen LogP contribution in [0.5, 0.6) is 5.88 Å². The molecule has 1 aromatic heterocycles. The van der Waals surface area contributed by atoms with E-state index >= 15 is 0 Å². The maximum Gasteiger partial charge on any atom is 0.417 e. The van der Waals surface area contributed by atoms with Gasteiger partial charge in [0.15, 0.2) is 0 Å². The quantitative estimate of drug-likeness (QED) is 0.834. The van der Waals surface area contributed by atoms with E-state index in [2.05, 4.69) is 16.9 Å². The van der Waals surface area contributed by atoms with Gasteiger partial charge in [-0.25, -0.2) is 4.98 Å². The summed E-state index contributed by atoms with van der Waals surface area (Å²) in [5.41, 5.74) is -0.291. The Labute approximate surface area is 114 Å². The molecule has 6 heteroatoms. The fourth-order valence-corrected chi connectivity index (χ4v) is 4.14. The summed E-state index contributed by atoms with van der Waals surface area (Å²) in [5.74, 6) is 1.09. The molecule has 0 bridgehead atoms. The predicted molar refractivity (Wildman–Crippen MR) is 65.2 cm³/mol.